The Kier molecular flexibility index (Phi) is 4.94. The molecule has 100 valence electrons. The molecule has 1 aliphatic rings. The highest BCUT2D eigenvalue weighted by Crippen LogP contribution is 2.19. The second-order valence-electron chi connectivity index (χ2n) is 4.75. The van der Waals surface area contributed by atoms with Crippen molar-refractivity contribution >= 4 is 15.9 Å². The van der Waals surface area contributed by atoms with E-state index in [1.165, 1.54) is 10.6 Å². The number of sulfonamides is 1. The molecule has 1 amide bonds. The van der Waals surface area contributed by atoms with Crippen molar-refractivity contribution in [1.82, 2.24) is 9.62 Å². The van der Waals surface area contributed by atoms with Gasteiger partial charge >= 0.3 is 0 Å². The molecule has 1 heterocycles. The van der Waals surface area contributed by atoms with E-state index >= 15 is 0 Å². The van der Waals surface area contributed by atoms with Crippen LogP contribution in [0.1, 0.15) is 33.1 Å². The molecule has 0 saturated carbocycles. The lowest BCUT2D eigenvalue weighted by Crippen LogP contribution is -2.44. The van der Waals surface area contributed by atoms with Gasteiger partial charge in [-0.15, -0.1) is 0 Å². The van der Waals surface area contributed by atoms with E-state index in [0.717, 1.165) is 6.42 Å². The second-order valence-corrected chi connectivity index (χ2v) is 6.74. The molecule has 0 aromatic rings. The topological polar surface area (TPSA) is 66.5 Å². The Hall–Kier alpha value is -0.620. The Bertz CT molecular complexity index is 359. The largest absolute Gasteiger partial charge is 0.353 e. The lowest BCUT2D eigenvalue weighted by atomic mass is 9.97. The smallest absolute Gasteiger partial charge is 0.223 e. The molecule has 0 unspecified atom stereocenters. The van der Waals surface area contributed by atoms with Crippen LogP contribution in [0, 0.1) is 5.92 Å². The minimum absolute atomic E-state index is 0.0398. The van der Waals surface area contributed by atoms with E-state index in [-0.39, 0.29) is 17.9 Å². The summed E-state index contributed by atoms with van der Waals surface area (Å²) in [6.07, 6.45) is 3.37. The van der Waals surface area contributed by atoms with Gasteiger partial charge in [0.1, 0.15) is 0 Å². The molecular formula is C11H22N2O3S. The maximum Gasteiger partial charge on any atom is 0.223 e. The van der Waals surface area contributed by atoms with Gasteiger partial charge in [0.05, 0.1) is 6.26 Å². The van der Waals surface area contributed by atoms with Gasteiger partial charge in [0.15, 0.2) is 0 Å². The van der Waals surface area contributed by atoms with E-state index in [1.54, 1.807) is 0 Å². The molecule has 1 fully saturated rings. The number of piperidine rings is 1. The summed E-state index contributed by atoms with van der Waals surface area (Å²) in [6.45, 7) is 4.91. The van der Waals surface area contributed by atoms with Gasteiger partial charge in [-0.1, -0.05) is 6.92 Å². The van der Waals surface area contributed by atoms with Crippen LogP contribution < -0.4 is 5.32 Å². The standard InChI is InChI=1S/C11H22N2O3S/c1-4-9(2)12-11(14)10-5-7-13(8-6-10)17(3,15)16/h9-10H,4-8H2,1-3H3,(H,12,14)/t9-/m0/s1. The van der Waals surface area contributed by atoms with Crippen molar-refractivity contribution in [3.05, 3.63) is 0 Å². The highest BCUT2D eigenvalue weighted by molar-refractivity contribution is 7.88. The fourth-order valence-electron chi connectivity index (χ4n) is 1.91. The van der Waals surface area contributed by atoms with Crippen molar-refractivity contribution in [2.24, 2.45) is 5.92 Å². The van der Waals surface area contributed by atoms with Gasteiger partial charge in [0.25, 0.3) is 0 Å². The fourth-order valence-corrected chi connectivity index (χ4v) is 2.79. The van der Waals surface area contributed by atoms with Gasteiger partial charge in [-0.25, -0.2) is 12.7 Å². The van der Waals surface area contributed by atoms with Crippen molar-refractivity contribution in [3.8, 4) is 0 Å². The number of rotatable bonds is 4. The molecule has 1 N–H and O–H groups in total. The van der Waals surface area contributed by atoms with E-state index in [9.17, 15) is 13.2 Å². The summed E-state index contributed by atoms with van der Waals surface area (Å²) in [5, 5.41) is 2.95. The van der Waals surface area contributed by atoms with Crippen LogP contribution in [0.25, 0.3) is 0 Å². The van der Waals surface area contributed by atoms with Gasteiger partial charge < -0.3 is 5.32 Å². The molecule has 0 bridgehead atoms. The van der Waals surface area contributed by atoms with Crippen LogP contribution in [-0.2, 0) is 14.8 Å². The summed E-state index contributed by atoms with van der Waals surface area (Å²) in [5.74, 6) is 0.0227. The zero-order chi connectivity index (χ0) is 13.1. The Balaban J connectivity index is 2.44. The lowest BCUT2D eigenvalue weighted by molar-refractivity contribution is -0.126. The average Bonchev–Trinajstić information content (AvgIpc) is 2.27. The first-order valence-electron chi connectivity index (χ1n) is 6.10. The first kappa shape index (κ1) is 14.4. The van der Waals surface area contributed by atoms with Crippen LogP contribution in [0.5, 0.6) is 0 Å². The normalized spacial score (nSPS) is 21.1. The predicted octanol–water partition coefficient (Wildman–Crippen LogP) is 0.573. The second kappa shape index (κ2) is 5.82. The van der Waals surface area contributed by atoms with Crippen LogP contribution >= 0.6 is 0 Å². The minimum Gasteiger partial charge on any atom is -0.353 e. The molecule has 0 radical (unpaired) electrons. The number of hydrogen-bond acceptors (Lipinski definition) is 3. The van der Waals surface area contributed by atoms with E-state index in [2.05, 4.69) is 5.32 Å². The first-order valence-corrected chi connectivity index (χ1v) is 7.95. The van der Waals surface area contributed by atoms with Crippen LogP contribution in [0.4, 0.5) is 0 Å². The molecule has 0 aliphatic carbocycles. The number of carbonyl (C=O) groups excluding carboxylic acids is 1. The number of nitrogens with one attached hydrogen (secondary N) is 1. The predicted molar refractivity (Wildman–Crippen MR) is 67.0 cm³/mol. The molecule has 0 aromatic heterocycles. The summed E-state index contributed by atoms with van der Waals surface area (Å²) in [4.78, 5) is 11.8. The highest BCUT2D eigenvalue weighted by Gasteiger charge is 2.29. The third-order valence-electron chi connectivity index (χ3n) is 3.29. The molecule has 1 aliphatic heterocycles. The van der Waals surface area contributed by atoms with Gasteiger partial charge in [0, 0.05) is 25.0 Å². The van der Waals surface area contributed by atoms with Crippen LogP contribution in [0.3, 0.4) is 0 Å². The summed E-state index contributed by atoms with van der Waals surface area (Å²) in [7, 11) is -3.10. The Morgan fingerprint density at radius 2 is 1.94 bits per heavy atom. The third-order valence-corrected chi connectivity index (χ3v) is 4.60. The van der Waals surface area contributed by atoms with E-state index in [0.29, 0.717) is 25.9 Å². The number of nitrogens with zero attached hydrogens (tertiary/aromatic N) is 1. The number of carbonyl (C=O) groups is 1. The van der Waals surface area contributed by atoms with Crippen molar-refractivity contribution in [3.63, 3.8) is 0 Å². The molecule has 1 saturated heterocycles. The maximum atomic E-state index is 11.8. The van der Waals surface area contributed by atoms with Gasteiger partial charge in [0.2, 0.25) is 15.9 Å². The Morgan fingerprint density at radius 1 is 1.41 bits per heavy atom. The summed E-state index contributed by atoms with van der Waals surface area (Å²) >= 11 is 0. The van der Waals surface area contributed by atoms with Gasteiger partial charge in [-0.2, -0.15) is 0 Å². The average molecular weight is 262 g/mol. The van der Waals surface area contributed by atoms with Gasteiger partial charge in [-0.05, 0) is 26.2 Å². The van der Waals surface area contributed by atoms with Gasteiger partial charge in [-0.3, -0.25) is 4.79 Å². The zero-order valence-corrected chi connectivity index (χ0v) is 11.6. The van der Waals surface area contributed by atoms with Crippen LogP contribution in [0.15, 0.2) is 0 Å². The van der Waals surface area contributed by atoms with Crippen molar-refractivity contribution in [2.45, 2.75) is 39.2 Å². The summed E-state index contributed by atoms with van der Waals surface area (Å²) < 4.78 is 24.1. The highest BCUT2D eigenvalue weighted by atomic mass is 32.2. The molecule has 0 aromatic carbocycles. The van der Waals surface area contributed by atoms with Crippen molar-refractivity contribution in [1.29, 1.82) is 0 Å². The first-order chi connectivity index (χ1) is 7.84. The Labute approximate surface area is 104 Å². The monoisotopic (exact) mass is 262 g/mol. The Morgan fingerprint density at radius 3 is 2.35 bits per heavy atom. The quantitative estimate of drug-likeness (QED) is 0.805. The summed E-state index contributed by atoms with van der Waals surface area (Å²) in [6, 6.07) is 0.190. The zero-order valence-electron chi connectivity index (χ0n) is 10.8. The molecule has 1 rings (SSSR count). The van der Waals surface area contributed by atoms with Crippen molar-refractivity contribution in [2.75, 3.05) is 19.3 Å². The van der Waals surface area contributed by atoms with E-state index in [4.69, 9.17) is 0 Å². The molecular weight excluding hydrogens is 240 g/mol. The fraction of sp³-hybridized carbons (Fsp3) is 0.909. The van der Waals surface area contributed by atoms with Crippen LogP contribution in [-0.4, -0.2) is 44.0 Å². The maximum absolute atomic E-state index is 11.8. The molecule has 6 heteroatoms. The van der Waals surface area contributed by atoms with Crippen molar-refractivity contribution < 1.29 is 13.2 Å². The van der Waals surface area contributed by atoms with Crippen LogP contribution in [0.2, 0.25) is 0 Å². The number of hydrogen-bond donors (Lipinski definition) is 1. The number of amides is 1. The molecule has 5 nitrogen and oxygen atoms in total. The van der Waals surface area contributed by atoms with E-state index in [1.807, 2.05) is 13.8 Å². The SMILES string of the molecule is CC[C@H](C)NC(=O)C1CCN(S(C)(=O)=O)CC1. The third kappa shape index (κ3) is 4.27. The lowest BCUT2D eigenvalue weighted by Gasteiger charge is -2.30. The summed E-state index contributed by atoms with van der Waals surface area (Å²) in [5.41, 5.74) is 0. The minimum atomic E-state index is -3.10. The molecule has 1 atom stereocenters. The molecule has 0 spiro atoms. The van der Waals surface area contributed by atoms with E-state index < -0.39 is 10.0 Å². The molecule has 17 heavy (non-hydrogen) atoms.